The Morgan fingerprint density at radius 3 is 2.04 bits per heavy atom. The van der Waals surface area contributed by atoms with Crippen molar-refractivity contribution in [3.63, 3.8) is 0 Å². The van der Waals surface area contributed by atoms with Crippen LogP contribution in [-0.2, 0) is 9.59 Å². The van der Waals surface area contributed by atoms with Crippen molar-refractivity contribution in [2.75, 3.05) is 0 Å². The fourth-order valence-electron chi connectivity index (χ4n) is 2.66. The predicted octanol–water partition coefficient (Wildman–Crippen LogP) is 6.23. The number of rotatable bonds is 16. The van der Waals surface area contributed by atoms with Crippen LogP contribution in [-0.4, -0.2) is 16.9 Å². The zero-order chi connectivity index (χ0) is 18.0. The number of hydrogen-bond acceptors (Lipinski definition) is 2. The highest BCUT2D eigenvalue weighted by Crippen LogP contribution is 2.14. The van der Waals surface area contributed by atoms with Gasteiger partial charge < -0.3 is 5.11 Å². The molecule has 0 aromatic heterocycles. The molecule has 0 saturated heterocycles. The molecule has 0 aliphatic rings. The normalized spacial score (nSPS) is 12.0. The molecule has 0 aromatic rings. The molecule has 0 amide bonds. The molecule has 0 heterocycles. The van der Waals surface area contributed by atoms with Gasteiger partial charge in [0, 0.05) is 6.42 Å². The van der Waals surface area contributed by atoms with Gasteiger partial charge in [0.2, 0.25) is 0 Å². The van der Waals surface area contributed by atoms with Gasteiger partial charge in [0.15, 0.2) is 5.78 Å². The maximum absolute atomic E-state index is 11.7. The molecule has 0 saturated carbocycles. The third-order valence-electron chi connectivity index (χ3n) is 4.18. The minimum Gasteiger partial charge on any atom is -0.481 e. The first-order valence-electron chi connectivity index (χ1n) is 9.64. The van der Waals surface area contributed by atoms with E-state index in [4.69, 9.17) is 5.11 Å². The fraction of sp³-hybridized carbons (Fsp3) is 0.714. The number of aliphatic carboxylic acids is 1. The third-order valence-corrected chi connectivity index (χ3v) is 4.18. The molecular weight excluding hydrogens is 300 g/mol. The van der Waals surface area contributed by atoms with Crippen LogP contribution in [0.5, 0.6) is 0 Å². The number of Topliss-reactive ketones (excluding diaryl/α,β-unsaturated/α-hetero) is 1. The molecule has 0 aliphatic heterocycles. The van der Waals surface area contributed by atoms with E-state index in [0.717, 1.165) is 63.4 Å². The predicted molar refractivity (Wildman–Crippen MR) is 101 cm³/mol. The van der Waals surface area contributed by atoms with Crippen LogP contribution in [0.15, 0.2) is 23.8 Å². The highest BCUT2D eigenvalue weighted by atomic mass is 16.4. The Morgan fingerprint density at radius 2 is 1.46 bits per heavy atom. The van der Waals surface area contributed by atoms with Gasteiger partial charge in [-0.15, -0.1) is 0 Å². The molecular formula is C21H36O3. The second-order valence-electron chi connectivity index (χ2n) is 6.50. The number of unbranched alkanes of at least 4 members (excludes halogenated alkanes) is 8. The number of carboxylic acid groups (broad SMARTS) is 1. The summed E-state index contributed by atoms with van der Waals surface area (Å²) < 4.78 is 0. The Kier molecular flexibility index (Phi) is 15.5. The van der Waals surface area contributed by atoms with Crippen LogP contribution in [0.25, 0.3) is 0 Å². The first-order chi connectivity index (χ1) is 11.6. The van der Waals surface area contributed by atoms with Crippen molar-refractivity contribution >= 4 is 11.8 Å². The van der Waals surface area contributed by atoms with Crippen molar-refractivity contribution < 1.29 is 14.7 Å². The zero-order valence-corrected chi connectivity index (χ0v) is 15.7. The monoisotopic (exact) mass is 336 g/mol. The molecule has 3 nitrogen and oxygen atoms in total. The molecule has 0 radical (unpaired) electrons. The lowest BCUT2D eigenvalue weighted by Crippen LogP contribution is -1.97. The summed E-state index contributed by atoms with van der Waals surface area (Å²) >= 11 is 0. The summed E-state index contributed by atoms with van der Waals surface area (Å²) in [6, 6.07) is 0. The zero-order valence-electron chi connectivity index (χ0n) is 15.7. The number of carbonyl (C=O) groups excluding carboxylic acids is 1. The molecule has 0 aromatic carbocycles. The lowest BCUT2D eigenvalue weighted by molar-refractivity contribution is -0.137. The van der Waals surface area contributed by atoms with Crippen molar-refractivity contribution in [3.05, 3.63) is 23.8 Å². The molecule has 24 heavy (non-hydrogen) atoms. The van der Waals surface area contributed by atoms with Crippen molar-refractivity contribution in [1.82, 2.24) is 0 Å². The van der Waals surface area contributed by atoms with E-state index in [1.54, 1.807) is 6.92 Å². The lowest BCUT2D eigenvalue weighted by atomic mass is 10.0. The quantitative estimate of drug-likeness (QED) is 0.206. The number of carboxylic acids is 1. The molecule has 0 bridgehead atoms. The number of carbonyl (C=O) groups is 2. The van der Waals surface area contributed by atoms with Crippen LogP contribution in [0, 0.1) is 0 Å². The number of hydrogen-bond donors (Lipinski definition) is 1. The first-order valence-corrected chi connectivity index (χ1v) is 9.64. The Labute approximate surface area is 148 Å². The first kappa shape index (κ1) is 22.6. The Hall–Kier alpha value is -1.38. The minimum atomic E-state index is -0.703. The SMILES string of the molecule is CCCCCC=CC/C=C(\CCCCCCCCC(=O)O)C(C)=O. The molecule has 0 spiro atoms. The standard InChI is InChI=1S/C21H36O3/c1-3-4-5-6-7-10-13-16-20(19(2)22)17-14-11-8-9-12-15-18-21(23)24/h7,10,16H,3-6,8-9,11-15,17-18H2,1-2H3,(H,23,24)/b10-7?,20-16+. The van der Waals surface area contributed by atoms with Crippen LogP contribution in [0.4, 0.5) is 0 Å². The number of ketones is 1. The summed E-state index contributed by atoms with van der Waals surface area (Å²) in [5.74, 6) is -0.513. The third kappa shape index (κ3) is 15.5. The van der Waals surface area contributed by atoms with Gasteiger partial charge in [-0.3, -0.25) is 9.59 Å². The van der Waals surface area contributed by atoms with E-state index < -0.39 is 5.97 Å². The van der Waals surface area contributed by atoms with Gasteiger partial charge >= 0.3 is 5.97 Å². The van der Waals surface area contributed by atoms with Crippen molar-refractivity contribution in [3.8, 4) is 0 Å². The van der Waals surface area contributed by atoms with E-state index in [1.807, 2.05) is 0 Å². The van der Waals surface area contributed by atoms with E-state index >= 15 is 0 Å². The van der Waals surface area contributed by atoms with Gasteiger partial charge in [-0.2, -0.15) is 0 Å². The van der Waals surface area contributed by atoms with E-state index in [-0.39, 0.29) is 12.2 Å². The molecule has 1 N–H and O–H groups in total. The van der Waals surface area contributed by atoms with Crippen LogP contribution < -0.4 is 0 Å². The maximum Gasteiger partial charge on any atom is 0.303 e. The Morgan fingerprint density at radius 1 is 0.833 bits per heavy atom. The smallest absolute Gasteiger partial charge is 0.303 e. The molecule has 138 valence electrons. The van der Waals surface area contributed by atoms with E-state index in [9.17, 15) is 9.59 Å². The average Bonchev–Trinajstić information content (AvgIpc) is 2.53. The average molecular weight is 337 g/mol. The Bertz CT molecular complexity index is 394. The highest BCUT2D eigenvalue weighted by molar-refractivity contribution is 5.93. The van der Waals surface area contributed by atoms with Crippen molar-refractivity contribution in [2.45, 2.75) is 97.3 Å². The van der Waals surface area contributed by atoms with Gasteiger partial charge in [-0.05, 0) is 51.0 Å². The van der Waals surface area contributed by atoms with E-state index in [1.165, 1.54) is 19.3 Å². The highest BCUT2D eigenvalue weighted by Gasteiger charge is 2.03. The van der Waals surface area contributed by atoms with Crippen molar-refractivity contribution in [1.29, 1.82) is 0 Å². The largest absolute Gasteiger partial charge is 0.481 e. The molecule has 3 heteroatoms. The van der Waals surface area contributed by atoms with Crippen LogP contribution in [0.1, 0.15) is 97.3 Å². The van der Waals surface area contributed by atoms with Gasteiger partial charge in [-0.25, -0.2) is 0 Å². The summed E-state index contributed by atoms with van der Waals surface area (Å²) in [5, 5.41) is 8.57. The van der Waals surface area contributed by atoms with Gasteiger partial charge in [0.05, 0.1) is 0 Å². The topological polar surface area (TPSA) is 54.4 Å². The second-order valence-corrected chi connectivity index (χ2v) is 6.50. The van der Waals surface area contributed by atoms with Crippen LogP contribution in [0.3, 0.4) is 0 Å². The Balaban J connectivity index is 3.78. The van der Waals surface area contributed by atoms with E-state index in [2.05, 4.69) is 25.2 Å². The summed E-state index contributed by atoms with van der Waals surface area (Å²) in [7, 11) is 0. The van der Waals surface area contributed by atoms with Crippen molar-refractivity contribution in [2.24, 2.45) is 0 Å². The molecule has 0 unspecified atom stereocenters. The van der Waals surface area contributed by atoms with Crippen LogP contribution >= 0.6 is 0 Å². The maximum atomic E-state index is 11.7. The lowest BCUT2D eigenvalue weighted by Gasteiger charge is -2.04. The minimum absolute atomic E-state index is 0.191. The summed E-state index contributed by atoms with van der Waals surface area (Å²) in [5.41, 5.74) is 0.957. The molecule has 0 fully saturated rings. The fourth-order valence-corrected chi connectivity index (χ4v) is 2.66. The summed E-state index contributed by atoms with van der Waals surface area (Å²) in [6.07, 6.45) is 19.5. The molecule has 0 rings (SSSR count). The number of allylic oxidation sites excluding steroid dienone is 4. The second kappa shape index (κ2) is 16.5. The van der Waals surface area contributed by atoms with E-state index in [0.29, 0.717) is 0 Å². The van der Waals surface area contributed by atoms with Crippen LogP contribution in [0.2, 0.25) is 0 Å². The van der Waals surface area contributed by atoms with Gasteiger partial charge in [0.1, 0.15) is 0 Å². The molecule has 0 atom stereocenters. The summed E-state index contributed by atoms with van der Waals surface area (Å²) in [4.78, 5) is 22.1. The summed E-state index contributed by atoms with van der Waals surface area (Å²) in [6.45, 7) is 3.87. The molecule has 0 aliphatic carbocycles. The van der Waals surface area contributed by atoms with Gasteiger partial charge in [-0.1, -0.05) is 63.7 Å². The van der Waals surface area contributed by atoms with Gasteiger partial charge in [0.25, 0.3) is 0 Å².